The highest BCUT2D eigenvalue weighted by molar-refractivity contribution is 7.92. The number of hydrogen-bond acceptors (Lipinski definition) is 3. The fourth-order valence-corrected chi connectivity index (χ4v) is 4.73. The van der Waals surface area contributed by atoms with Crippen molar-refractivity contribution in [3.63, 3.8) is 0 Å². The van der Waals surface area contributed by atoms with E-state index in [0.717, 1.165) is 23.8 Å². The normalized spacial score (nSPS) is 13.7. The molecule has 1 N–H and O–H groups in total. The lowest BCUT2D eigenvalue weighted by Crippen LogP contribution is -2.50. The maximum absolute atomic E-state index is 13.3. The summed E-state index contributed by atoms with van der Waals surface area (Å²) in [6.45, 7) is 7.95. The molecule has 29 heavy (non-hydrogen) atoms. The summed E-state index contributed by atoms with van der Waals surface area (Å²) >= 11 is 0. The van der Waals surface area contributed by atoms with Crippen LogP contribution in [0.2, 0.25) is 0 Å². The molecular formula is C23H32N2O3S. The molecule has 0 saturated heterocycles. The predicted molar refractivity (Wildman–Crippen MR) is 119 cm³/mol. The molecular weight excluding hydrogens is 384 g/mol. The number of sulfonamides is 1. The van der Waals surface area contributed by atoms with Gasteiger partial charge in [0.15, 0.2) is 0 Å². The third-order valence-electron chi connectivity index (χ3n) is 4.81. The van der Waals surface area contributed by atoms with Gasteiger partial charge >= 0.3 is 0 Å². The van der Waals surface area contributed by atoms with E-state index in [0.29, 0.717) is 18.0 Å². The van der Waals surface area contributed by atoms with Crippen LogP contribution in [0, 0.1) is 12.8 Å². The summed E-state index contributed by atoms with van der Waals surface area (Å²) < 4.78 is 26.5. The van der Waals surface area contributed by atoms with Crippen molar-refractivity contribution in [2.24, 2.45) is 5.92 Å². The number of amides is 1. The maximum atomic E-state index is 13.3. The van der Waals surface area contributed by atoms with Crippen molar-refractivity contribution >= 4 is 21.6 Å². The molecule has 0 fully saturated rings. The minimum atomic E-state index is -3.64. The fourth-order valence-electron chi connectivity index (χ4n) is 3.53. The smallest absolute Gasteiger partial charge is 0.244 e. The Balaban J connectivity index is 2.37. The van der Waals surface area contributed by atoms with Crippen LogP contribution in [-0.2, 0) is 14.8 Å². The molecule has 0 bridgehead atoms. The second-order valence-corrected chi connectivity index (χ2v) is 9.78. The zero-order chi connectivity index (χ0) is 21.6. The standard InChI is InChI=1S/C23H32N2O3S/c1-6-22(25(29(5,27)28)20-14-10-11-18(4)16-20)23(26)24-21(15-17(2)3)19-12-8-7-9-13-19/h7-14,16-17,21-22H,6,15H2,1-5H3,(H,24,26)/t21-,22+/m1/s1. The lowest BCUT2D eigenvalue weighted by atomic mass is 9.96. The van der Waals surface area contributed by atoms with Crippen LogP contribution >= 0.6 is 0 Å². The van der Waals surface area contributed by atoms with Gasteiger partial charge in [0.1, 0.15) is 6.04 Å². The van der Waals surface area contributed by atoms with Crippen molar-refractivity contribution in [2.75, 3.05) is 10.6 Å². The number of carbonyl (C=O) groups excluding carboxylic acids is 1. The van der Waals surface area contributed by atoms with Crippen LogP contribution in [0.3, 0.4) is 0 Å². The maximum Gasteiger partial charge on any atom is 0.244 e. The number of carbonyl (C=O) groups is 1. The highest BCUT2D eigenvalue weighted by Gasteiger charge is 2.32. The van der Waals surface area contributed by atoms with Crippen LogP contribution in [-0.4, -0.2) is 26.6 Å². The van der Waals surface area contributed by atoms with Crippen LogP contribution in [0.1, 0.15) is 50.8 Å². The lowest BCUT2D eigenvalue weighted by Gasteiger charge is -2.32. The number of hydrogen-bond donors (Lipinski definition) is 1. The third-order valence-corrected chi connectivity index (χ3v) is 5.99. The zero-order valence-electron chi connectivity index (χ0n) is 17.9. The molecule has 0 aliphatic carbocycles. The van der Waals surface area contributed by atoms with Crippen LogP contribution in [0.25, 0.3) is 0 Å². The molecule has 0 aliphatic heterocycles. The van der Waals surface area contributed by atoms with Crippen LogP contribution in [0.5, 0.6) is 0 Å². The molecule has 0 radical (unpaired) electrons. The molecule has 2 aromatic carbocycles. The predicted octanol–water partition coefficient (Wildman–Crippen LogP) is 4.44. The fraction of sp³-hybridized carbons (Fsp3) is 0.435. The zero-order valence-corrected chi connectivity index (χ0v) is 18.7. The molecule has 0 aromatic heterocycles. The Labute approximate surface area is 175 Å². The number of nitrogens with zero attached hydrogens (tertiary/aromatic N) is 1. The van der Waals surface area contributed by atoms with E-state index in [-0.39, 0.29) is 11.9 Å². The minimum absolute atomic E-state index is 0.170. The molecule has 2 aromatic rings. The molecule has 158 valence electrons. The Morgan fingerprint density at radius 3 is 2.24 bits per heavy atom. The van der Waals surface area contributed by atoms with E-state index < -0.39 is 16.1 Å². The molecule has 0 spiro atoms. The SMILES string of the molecule is CC[C@@H](C(=O)N[C@H](CC(C)C)c1ccccc1)N(c1cccc(C)c1)S(C)(=O)=O. The molecule has 6 heteroatoms. The van der Waals surface area contributed by atoms with Crippen LogP contribution < -0.4 is 9.62 Å². The van der Waals surface area contributed by atoms with Gasteiger partial charge < -0.3 is 5.32 Å². The summed E-state index contributed by atoms with van der Waals surface area (Å²) in [5, 5.41) is 3.11. The number of aryl methyl sites for hydroxylation is 1. The molecule has 0 aliphatic rings. The van der Waals surface area contributed by atoms with Crippen molar-refractivity contribution < 1.29 is 13.2 Å². The summed E-state index contributed by atoms with van der Waals surface area (Å²) in [4.78, 5) is 13.3. The molecule has 0 unspecified atom stereocenters. The Kier molecular flexibility index (Phi) is 7.85. The van der Waals surface area contributed by atoms with E-state index in [2.05, 4.69) is 19.2 Å². The highest BCUT2D eigenvalue weighted by atomic mass is 32.2. The van der Waals surface area contributed by atoms with Gasteiger partial charge in [0, 0.05) is 0 Å². The van der Waals surface area contributed by atoms with Gasteiger partial charge in [-0.2, -0.15) is 0 Å². The average Bonchev–Trinajstić information content (AvgIpc) is 2.64. The molecule has 0 heterocycles. The van der Waals surface area contributed by atoms with Gasteiger partial charge in [0.2, 0.25) is 15.9 Å². The van der Waals surface area contributed by atoms with E-state index in [1.54, 1.807) is 18.2 Å². The van der Waals surface area contributed by atoms with Gasteiger partial charge in [0.05, 0.1) is 18.0 Å². The number of nitrogens with one attached hydrogen (secondary N) is 1. The van der Waals surface area contributed by atoms with Crippen molar-refractivity contribution in [1.29, 1.82) is 0 Å². The quantitative estimate of drug-likeness (QED) is 0.657. The first-order chi connectivity index (χ1) is 13.6. The van der Waals surface area contributed by atoms with Crippen molar-refractivity contribution in [1.82, 2.24) is 5.32 Å². The minimum Gasteiger partial charge on any atom is -0.347 e. The Bertz CT molecular complexity index is 911. The summed E-state index contributed by atoms with van der Waals surface area (Å²) in [6, 6.07) is 16.1. The summed E-state index contributed by atoms with van der Waals surface area (Å²) in [5.74, 6) is 0.0947. The third kappa shape index (κ3) is 6.32. The first-order valence-corrected chi connectivity index (χ1v) is 11.9. The summed E-state index contributed by atoms with van der Waals surface area (Å²) in [6.07, 6.45) is 2.29. The molecule has 2 atom stereocenters. The van der Waals surface area contributed by atoms with E-state index >= 15 is 0 Å². The van der Waals surface area contributed by atoms with Gasteiger partial charge in [-0.05, 0) is 48.9 Å². The van der Waals surface area contributed by atoms with Crippen LogP contribution in [0.15, 0.2) is 54.6 Å². The van der Waals surface area contributed by atoms with E-state index in [9.17, 15) is 13.2 Å². The molecule has 0 saturated carbocycles. The second kappa shape index (κ2) is 9.92. The Hall–Kier alpha value is -2.34. The Morgan fingerprint density at radius 2 is 1.72 bits per heavy atom. The van der Waals surface area contributed by atoms with Crippen molar-refractivity contribution in [3.05, 3.63) is 65.7 Å². The summed E-state index contributed by atoms with van der Waals surface area (Å²) in [7, 11) is -3.64. The van der Waals surface area contributed by atoms with Crippen molar-refractivity contribution in [3.8, 4) is 0 Å². The Morgan fingerprint density at radius 1 is 1.07 bits per heavy atom. The van der Waals surface area contributed by atoms with Gasteiger partial charge in [-0.15, -0.1) is 0 Å². The van der Waals surface area contributed by atoms with Crippen molar-refractivity contribution in [2.45, 2.75) is 52.6 Å². The largest absolute Gasteiger partial charge is 0.347 e. The lowest BCUT2D eigenvalue weighted by molar-refractivity contribution is -0.123. The number of anilines is 1. The van der Waals surface area contributed by atoms with E-state index in [1.807, 2.05) is 50.2 Å². The number of benzene rings is 2. The second-order valence-electron chi connectivity index (χ2n) is 7.92. The van der Waals surface area contributed by atoms with E-state index in [4.69, 9.17) is 0 Å². The molecule has 2 rings (SSSR count). The molecule has 1 amide bonds. The highest BCUT2D eigenvalue weighted by Crippen LogP contribution is 2.26. The first-order valence-electron chi connectivity index (χ1n) is 10.0. The number of rotatable bonds is 9. The molecule has 5 nitrogen and oxygen atoms in total. The first kappa shape index (κ1) is 22.9. The monoisotopic (exact) mass is 416 g/mol. The van der Waals surface area contributed by atoms with Gasteiger partial charge in [0.25, 0.3) is 0 Å². The summed E-state index contributed by atoms with van der Waals surface area (Å²) in [5.41, 5.74) is 2.47. The average molecular weight is 417 g/mol. The van der Waals surface area contributed by atoms with E-state index in [1.165, 1.54) is 4.31 Å². The topological polar surface area (TPSA) is 66.5 Å². The van der Waals surface area contributed by atoms with Crippen LogP contribution in [0.4, 0.5) is 5.69 Å². The van der Waals surface area contributed by atoms with Gasteiger partial charge in [-0.3, -0.25) is 9.10 Å². The van der Waals surface area contributed by atoms with Gasteiger partial charge in [-0.1, -0.05) is 63.2 Å². The van der Waals surface area contributed by atoms with Gasteiger partial charge in [-0.25, -0.2) is 8.42 Å².